The molecule has 1 aromatic heterocycles. The fourth-order valence-electron chi connectivity index (χ4n) is 0.936. The number of nitrogens with two attached hydrogens (primary N) is 1. The van der Waals surface area contributed by atoms with Crippen molar-refractivity contribution < 1.29 is 9.90 Å². The summed E-state index contributed by atoms with van der Waals surface area (Å²) in [5, 5.41) is 16.1. The molecule has 0 unspecified atom stereocenters. The zero-order chi connectivity index (χ0) is 12.7. The van der Waals surface area contributed by atoms with Crippen LogP contribution in [0.3, 0.4) is 0 Å². The third kappa shape index (κ3) is 3.93. The van der Waals surface area contributed by atoms with Gasteiger partial charge in [0.15, 0.2) is 5.76 Å². The number of allylic oxidation sites excluding steroid dienone is 1. The Kier molecular flexibility index (Phi) is 4.66. The molecule has 5 nitrogen and oxygen atoms in total. The van der Waals surface area contributed by atoms with Crippen molar-refractivity contribution in [3.05, 3.63) is 41.6 Å². The number of hydrogen-bond donors (Lipinski definition) is 2. The maximum Gasteiger partial charge on any atom is 0.284 e. The number of nitrogens with zero attached hydrogens (tertiary/aromatic N) is 2. The van der Waals surface area contributed by atoms with Gasteiger partial charge >= 0.3 is 0 Å². The molecule has 1 amide bonds. The van der Waals surface area contributed by atoms with Gasteiger partial charge in [-0.2, -0.15) is 5.26 Å². The number of aliphatic hydroxyl groups excluding tert-OH is 1. The lowest BCUT2D eigenvalue weighted by atomic mass is 10.3. The second-order valence-electron chi connectivity index (χ2n) is 2.84. The number of aromatic nitrogens is 1. The summed E-state index contributed by atoms with van der Waals surface area (Å²) in [6.45, 7) is 0. The molecule has 0 fully saturated rings. The molecular weight excluding hydrogens is 238 g/mol. The Hall–Kier alpha value is -2.39. The van der Waals surface area contributed by atoms with Crippen LogP contribution in [-0.2, 0) is 4.79 Å². The third-order valence-electron chi connectivity index (χ3n) is 1.69. The van der Waals surface area contributed by atoms with Gasteiger partial charge in [0, 0.05) is 0 Å². The Morgan fingerprint density at radius 3 is 2.76 bits per heavy atom. The van der Waals surface area contributed by atoms with E-state index in [1.807, 2.05) is 23.7 Å². The number of nitriles is 1. The fraction of sp³-hybridized carbons (Fsp3) is 0. The minimum Gasteiger partial charge on any atom is -0.503 e. The van der Waals surface area contributed by atoms with E-state index in [1.54, 1.807) is 11.3 Å². The number of fused-ring (bicyclic) bond motifs is 1. The molecule has 0 aliphatic carbocycles. The van der Waals surface area contributed by atoms with Gasteiger partial charge in [0.25, 0.3) is 5.91 Å². The number of aliphatic hydroxyl groups is 1. The Labute approximate surface area is 101 Å². The minimum atomic E-state index is -0.994. The molecule has 0 bridgehead atoms. The standard InChI is InChI=1S/C7H5NS.C4H4N2O2/c1-2-4-7-6(3-1)8-5-9-7;5-2-1-3(7)4(6)8/h1-5H;1,7H,(H2,6,8). The largest absolute Gasteiger partial charge is 0.503 e. The highest BCUT2D eigenvalue weighted by atomic mass is 32.1. The zero-order valence-electron chi connectivity index (χ0n) is 8.70. The van der Waals surface area contributed by atoms with Crippen molar-refractivity contribution in [2.75, 3.05) is 0 Å². The third-order valence-corrected chi connectivity index (χ3v) is 2.50. The number of amides is 1. The minimum absolute atomic E-state index is 0.669. The second kappa shape index (κ2) is 6.25. The summed E-state index contributed by atoms with van der Waals surface area (Å²) in [6, 6.07) is 9.56. The Bertz CT molecular complexity index is 553. The van der Waals surface area contributed by atoms with Crippen molar-refractivity contribution in [2.24, 2.45) is 5.73 Å². The van der Waals surface area contributed by atoms with Crippen molar-refractivity contribution in [3.63, 3.8) is 0 Å². The Balaban J connectivity index is 0.000000172. The van der Waals surface area contributed by atoms with Crippen LogP contribution < -0.4 is 5.73 Å². The highest BCUT2D eigenvalue weighted by Gasteiger charge is 1.96. The number of carbonyl (C=O) groups excluding carboxylic acids is 1. The highest BCUT2D eigenvalue weighted by molar-refractivity contribution is 7.16. The van der Waals surface area contributed by atoms with E-state index in [1.165, 1.54) is 10.8 Å². The number of para-hydroxylation sites is 1. The van der Waals surface area contributed by atoms with Gasteiger partial charge < -0.3 is 10.8 Å². The zero-order valence-corrected chi connectivity index (χ0v) is 9.52. The van der Waals surface area contributed by atoms with E-state index in [-0.39, 0.29) is 0 Å². The number of primary amides is 1. The Morgan fingerprint density at radius 1 is 1.53 bits per heavy atom. The van der Waals surface area contributed by atoms with Crippen molar-refractivity contribution in [1.82, 2.24) is 4.98 Å². The molecule has 0 saturated carbocycles. The van der Waals surface area contributed by atoms with Crippen LogP contribution in [0.4, 0.5) is 0 Å². The molecule has 2 rings (SSSR count). The molecule has 17 heavy (non-hydrogen) atoms. The highest BCUT2D eigenvalue weighted by Crippen LogP contribution is 2.15. The lowest BCUT2D eigenvalue weighted by Gasteiger charge is -1.83. The molecule has 86 valence electrons. The molecule has 1 heterocycles. The van der Waals surface area contributed by atoms with E-state index in [2.05, 4.69) is 16.8 Å². The molecule has 0 aliphatic heterocycles. The van der Waals surface area contributed by atoms with Crippen molar-refractivity contribution >= 4 is 27.5 Å². The summed E-state index contributed by atoms with van der Waals surface area (Å²) < 4.78 is 1.26. The molecule has 2 aromatic rings. The second-order valence-corrected chi connectivity index (χ2v) is 3.73. The molecule has 3 N–H and O–H groups in total. The van der Waals surface area contributed by atoms with Crippen LogP contribution in [0, 0.1) is 11.3 Å². The van der Waals surface area contributed by atoms with Crippen LogP contribution in [0.25, 0.3) is 10.2 Å². The van der Waals surface area contributed by atoms with Crippen LogP contribution >= 0.6 is 11.3 Å². The van der Waals surface area contributed by atoms with Gasteiger partial charge in [-0.1, -0.05) is 12.1 Å². The number of rotatable bonds is 1. The number of carbonyl (C=O) groups is 1. The SMILES string of the molecule is N#CC=C(O)C(N)=O.c1ccc2scnc2c1. The van der Waals surface area contributed by atoms with Crippen LogP contribution in [0.2, 0.25) is 0 Å². The van der Waals surface area contributed by atoms with Crippen molar-refractivity contribution in [1.29, 1.82) is 5.26 Å². The number of hydrogen-bond acceptors (Lipinski definition) is 5. The average Bonchev–Trinajstić information content (AvgIpc) is 2.78. The first-order valence-corrected chi connectivity index (χ1v) is 5.40. The lowest BCUT2D eigenvalue weighted by Crippen LogP contribution is -2.12. The van der Waals surface area contributed by atoms with Gasteiger partial charge in [0.05, 0.1) is 27.9 Å². The van der Waals surface area contributed by atoms with E-state index in [9.17, 15) is 4.79 Å². The first-order valence-electron chi connectivity index (χ1n) is 4.52. The first-order chi connectivity index (χ1) is 8.15. The predicted molar refractivity (Wildman–Crippen MR) is 65.1 cm³/mol. The van der Waals surface area contributed by atoms with E-state index in [0.717, 1.165) is 5.52 Å². The average molecular weight is 247 g/mol. The summed E-state index contributed by atoms with van der Waals surface area (Å²) in [6.07, 6.45) is 0.669. The van der Waals surface area contributed by atoms with Gasteiger partial charge in [0.2, 0.25) is 0 Å². The maximum absolute atomic E-state index is 9.84. The van der Waals surface area contributed by atoms with Crippen molar-refractivity contribution in [2.45, 2.75) is 0 Å². The fourth-order valence-corrected chi connectivity index (χ4v) is 1.61. The number of thiazole rings is 1. The summed E-state index contributed by atoms with van der Waals surface area (Å²) in [4.78, 5) is 14.0. The summed E-state index contributed by atoms with van der Waals surface area (Å²) in [5.41, 5.74) is 7.48. The van der Waals surface area contributed by atoms with Gasteiger partial charge in [-0.3, -0.25) is 4.79 Å². The maximum atomic E-state index is 9.84. The van der Waals surface area contributed by atoms with Gasteiger partial charge in [-0.05, 0) is 12.1 Å². The molecular formula is C11H9N3O2S. The topological polar surface area (TPSA) is 100 Å². The predicted octanol–water partition coefficient (Wildman–Crippen LogP) is 1.73. The summed E-state index contributed by atoms with van der Waals surface area (Å²) in [7, 11) is 0. The smallest absolute Gasteiger partial charge is 0.284 e. The molecule has 0 saturated heterocycles. The first kappa shape index (κ1) is 12.7. The molecule has 0 spiro atoms. The van der Waals surface area contributed by atoms with E-state index in [0.29, 0.717) is 6.08 Å². The molecule has 0 aliphatic rings. The molecule has 0 radical (unpaired) electrons. The van der Waals surface area contributed by atoms with Crippen LogP contribution in [0.1, 0.15) is 0 Å². The van der Waals surface area contributed by atoms with Crippen LogP contribution in [0.5, 0.6) is 0 Å². The van der Waals surface area contributed by atoms with Crippen LogP contribution in [0.15, 0.2) is 41.6 Å². The monoisotopic (exact) mass is 247 g/mol. The molecule has 0 atom stereocenters. The van der Waals surface area contributed by atoms with Crippen LogP contribution in [-0.4, -0.2) is 16.0 Å². The van der Waals surface area contributed by atoms with Gasteiger partial charge in [-0.25, -0.2) is 4.98 Å². The van der Waals surface area contributed by atoms with Gasteiger partial charge in [-0.15, -0.1) is 11.3 Å². The van der Waals surface area contributed by atoms with Gasteiger partial charge in [0.1, 0.15) is 0 Å². The van der Waals surface area contributed by atoms with E-state index < -0.39 is 11.7 Å². The number of benzene rings is 1. The molecule has 1 aromatic carbocycles. The normalized spacial score (nSPS) is 10.2. The quantitative estimate of drug-likeness (QED) is 0.455. The van der Waals surface area contributed by atoms with E-state index in [4.69, 9.17) is 10.4 Å². The van der Waals surface area contributed by atoms with Crippen molar-refractivity contribution in [3.8, 4) is 6.07 Å². The molecule has 6 heteroatoms. The summed E-state index contributed by atoms with van der Waals surface area (Å²) >= 11 is 1.68. The lowest BCUT2D eigenvalue weighted by molar-refractivity contribution is -0.116. The van der Waals surface area contributed by atoms with E-state index >= 15 is 0 Å². The summed E-state index contributed by atoms with van der Waals surface area (Å²) in [5.74, 6) is -1.71. The Morgan fingerprint density at radius 2 is 2.24 bits per heavy atom.